The number of allylic oxidation sites excluding steroid dienone is 2. The number of carbonyl (C=O) groups excluding carboxylic acids is 1. The Hall–Kier alpha value is -0.300. The third kappa shape index (κ3) is 23.7. The minimum Gasteiger partial charge on any atom is -0.281 e. The molecule has 0 radical (unpaired) electrons. The molecule has 0 fully saturated rings. The first-order valence-electron chi connectivity index (χ1n) is 11.6. The van der Waals surface area contributed by atoms with Gasteiger partial charge in [0.2, 0.25) is 5.24 Å². The van der Waals surface area contributed by atoms with Gasteiger partial charge < -0.3 is 0 Å². The van der Waals surface area contributed by atoms with Gasteiger partial charge in [-0.1, -0.05) is 109 Å². The molecule has 0 aromatic rings. The quantitative estimate of drug-likeness (QED) is 0.109. The van der Waals surface area contributed by atoms with Crippen molar-refractivity contribution in [3.8, 4) is 0 Å². The highest BCUT2D eigenvalue weighted by Gasteiger charge is 1.96. The van der Waals surface area contributed by atoms with Gasteiger partial charge in [-0.15, -0.1) is 0 Å². The fraction of sp³-hybridized carbons (Fsp3) is 0.875. The van der Waals surface area contributed by atoms with Crippen LogP contribution in [0, 0.1) is 0 Å². The lowest BCUT2D eigenvalue weighted by Crippen LogP contribution is -1.86. The molecule has 0 unspecified atom stereocenters. The smallest absolute Gasteiger partial charge is 0.221 e. The van der Waals surface area contributed by atoms with Gasteiger partial charge in [-0.05, 0) is 43.7 Å². The van der Waals surface area contributed by atoms with E-state index in [9.17, 15) is 4.79 Å². The molecule has 0 rings (SSSR count). The molecular formula is C24H45ClO. The first-order valence-corrected chi connectivity index (χ1v) is 12.0. The van der Waals surface area contributed by atoms with Crippen LogP contribution in [-0.4, -0.2) is 5.24 Å². The van der Waals surface area contributed by atoms with E-state index in [0.717, 1.165) is 12.8 Å². The molecule has 1 nitrogen and oxygen atoms in total. The number of unbranched alkanes of at least 4 members (excludes halogenated alkanes) is 17. The average molecular weight is 385 g/mol. The first kappa shape index (κ1) is 25.7. The summed E-state index contributed by atoms with van der Waals surface area (Å²) in [6.45, 7) is 2.27. The van der Waals surface area contributed by atoms with Crippen molar-refractivity contribution in [2.24, 2.45) is 0 Å². The molecule has 0 aromatic heterocycles. The van der Waals surface area contributed by atoms with E-state index in [1.807, 2.05) is 0 Å². The average Bonchev–Trinajstić information content (AvgIpc) is 2.62. The van der Waals surface area contributed by atoms with Gasteiger partial charge in [0.15, 0.2) is 0 Å². The van der Waals surface area contributed by atoms with Crippen molar-refractivity contribution in [3.05, 3.63) is 12.2 Å². The number of rotatable bonds is 21. The predicted molar refractivity (Wildman–Crippen MR) is 118 cm³/mol. The summed E-state index contributed by atoms with van der Waals surface area (Å²) in [4.78, 5) is 10.6. The molecule has 0 bridgehead atoms. The summed E-state index contributed by atoms with van der Waals surface area (Å²) >= 11 is 5.33. The summed E-state index contributed by atoms with van der Waals surface area (Å²) in [5.74, 6) is 0. The summed E-state index contributed by atoms with van der Waals surface area (Å²) in [5, 5.41) is -0.181. The molecule has 0 saturated heterocycles. The number of carbonyl (C=O) groups is 1. The molecule has 0 N–H and O–H groups in total. The summed E-state index contributed by atoms with van der Waals surface area (Å²) in [6.07, 6.45) is 30.8. The van der Waals surface area contributed by atoms with Gasteiger partial charge >= 0.3 is 0 Å². The van der Waals surface area contributed by atoms with Crippen LogP contribution in [0.1, 0.15) is 135 Å². The molecule has 0 atom stereocenters. The Labute approximate surface area is 169 Å². The Balaban J connectivity index is 3.04. The first-order chi connectivity index (χ1) is 12.8. The third-order valence-corrected chi connectivity index (χ3v) is 5.32. The molecule has 26 heavy (non-hydrogen) atoms. The Bertz CT molecular complexity index is 311. The van der Waals surface area contributed by atoms with Crippen LogP contribution in [0.5, 0.6) is 0 Å². The zero-order valence-corrected chi connectivity index (χ0v) is 18.3. The Morgan fingerprint density at radius 3 is 1.31 bits per heavy atom. The summed E-state index contributed by atoms with van der Waals surface area (Å²) in [7, 11) is 0. The summed E-state index contributed by atoms with van der Waals surface area (Å²) in [6, 6.07) is 0. The van der Waals surface area contributed by atoms with Crippen molar-refractivity contribution < 1.29 is 4.79 Å². The van der Waals surface area contributed by atoms with Gasteiger partial charge in [0.25, 0.3) is 0 Å². The van der Waals surface area contributed by atoms with Crippen molar-refractivity contribution in [2.75, 3.05) is 0 Å². The standard InChI is InChI=1S/C24H45ClO/c1-2-3-4-5-6-7-8-9-10-11-12-13-14-15-16-17-18-19-20-21-22-23-24(25)26/h6-7H,2-5,8-23H2,1H3/b7-6+. The van der Waals surface area contributed by atoms with Crippen molar-refractivity contribution in [2.45, 2.75) is 135 Å². The second kappa shape index (κ2) is 22.7. The van der Waals surface area contributed by atoms with Crippen LogP contribution >= 0.6 is 11.6 Å². The number of halogens is 1. The maximum atomic E-state index is 10.6. The highest BCUT2D eigenvalue weighted by Crippen LogP contribution is 2.14. The second-order valence-electron chi connectivity index (χ2n) is 7.81. The predicted octanol–water partition coefficient (Wildman–Crippen LogP) is 9.13. The second-order valence-corrected chi connectivity index (χ2v) is 8.23. The molecule has 0 aliphatic heterocycles. The topological polar surface area (TPSA) is 17.1 Å². The van der Waals surface area contributed by atoms with E-state index in [1.54, 1.807) is 0 Å². The zero-order chi connectivity index (χ0) is 19.1. The van der Waals surface area contributed by atoms with Gasteiger partial charge in [-0.2, -0.15) is 0 Å². The van der Waals surface area contributed by atoms with E-state index in [-0.39, 0.29) is 5.24 Å². The monoisotopic (exact) mass is 384 g/mol. The molecule has 154 valence electrons. The maximum absolute atomic E-state index is 10.6. The molecule has 0 spiro atoms. The Morgan fingerprint density at radius 1 is 0.577 bits per heavy atom. The highest BCUT2D eigenvalue weighted by atomic mass is 35.5. The van der Waals surface area contributed by atoms with Crippen LogP contribution in [0.4, 0.5) is 0 Å². The van der Waals surface area contributed by atoms with Crippen molar-refractivity contribution in [1.29, 1.82) is 0 Å². The van der Waals surface area contributed by atoms with Gasteiger partial charge in [-0.25, -0.2) is 0 Å². The molecule has 0 saturated carbocycles. The largest absolute Gasteiger partial charge is 0.281 e. The maximum Gasteiger partial charge on any atom is 0.221 e. The van der Waals surface area contributed by atoms with Gasteiger partial charge in [0.1, 0.15) is 0 Å². The fourth-order valence-electron chi connectivity index (χ4n) is 3.40. The summed E-state index contributed by atoms with van der Waals surface area (Å²) in [5.41, 5.74) is 0. The third-order valence-electron chi connectivity index (χ3n) is 5.14. The molecule has 0 aromatic carbocycles. The molecule has 0 amide bonds. The van der Waals surface area contributed by atoms with Gasteiger partial charge in [-0.3, -0.25) is 4.79 Å². The van der Waals surface area contributed by atoms with Crippen molar-refractivity contribution in [1.82, 2.24) is 0 Å². The van der Waals surface area contributed by atoms with Gasteiger partial charge in [0.05, 0.1) is 0 Å². The fourth-order valence-corrected chi connectivity index (χ4v) is 3.53. The van der Waals surface area contributed by atoms with E-state index < -0.39 is 0 Å². The normalized spacial score (nSPS) is 11.5. The minimum atomic E-state index is -0.181. The van der Waals surface area contributed by atoms with Crippen LogP contribution in [0.15, 0.2) is 12.2 Å². The lowest BCUT2D eigenvalue weighted by Gasteiger charge is -2.03. The zero-order valence-electron chi connectivity index (χ0n) is 17.6. The van der Waals surface area contributed by atoms with Crippen LogP contribution in [0.2, 0.25) is 0 Å². The summed E-state index contributed by atoms with van der Waals surface area (Å²) < 4.78 is 0. The lowest BCUT2D eigenvalue weighted by molar-refractivity contribution is -0.111. The number of hydrogen-bond donors (Lipinski definition) is 0. The molecule has 0 aliphatic rings. The van der Waals surface area contributed by atoms with Crippen LogP contribution in [0.25, 0.3) is 0 Å². The van der Waals surface area contributed by atoms with Gasteiger partial charge in [0, 0.05) is 6.42 Å². The van der Waals surface area contributed by atoms with E-state index >= 15 is 0 Å². The lowest BCUT2D eigenvalue weighted by atomic mass is 10.0. The van der Waals surface area contributed by atoms with E-state index in [2.05, 4.69) is 19.1 Å². The highest BCUT2D eigenvalue weighted by molar-refractivity contribution is 6.63. The number of hydrogen-bond acceptors (Lipinski definition) is 1. The molecule has 0 aliphatic carbocycles. The van der Waals surface area contributed by atoms with Crippen LogP contribution in [-0.2, 0) is 4.79 Å². The molecular weight excluding hydrogens is 340 g/mol. The van der Waals surface area contributed by atoms with Crippen molar-refractivity contribution >= 4 is 16.8 Å². The molecule has 0 heterocycles. The van der Waals surface area contributed by atoms with Crippen molar-refractivity contribution in [3.63, 3.8) is 0 Å². The molecule has 2 heteroatoms. The Morgan fingerprint density at radius 2 is 0.923 bits per heavy atom. The van der Waals surface area contributed by atoms with E-state index in [1.165, 1.54) is 109 Å². The Kier molecular flexibility index (Phi) is 22.5. The van der Waals surface area contributed by atoms with E-state index in [4.69, 9.17) is 11.6 Å². The van der Waals surface area contributed by atoms with Crippen LogP contribution < -0.4 is 0 Å². The van der Waals surface area contributed by atoms with Crippen LogP contribution in [0.3, 0.4) is 0 Å². The SMILES string of the molecule is CCCCC/C=C/CCCCCCCCCCCCCCCCC(=O)Cl. The van der Waals surface area contributed by atoms with E-state index in [0.29, 0.717) is 6.42 Å². The minimum absolute atomic E-state index is 0.181.